The average Bonchev–Trinajstić information content (AvgIpc) is 2.11. The molecule has 0 aromatic carbocycles. The standard InChI is InChI=1S/C10H20N2S/c1-10(2,9-11)5-4-6-12-7-8-13-3/h12H,4-8H2,1-3H3. The predicted molar refractivity (Wildman–Crippen MR) is 59.9 cm³/mol. The quantitative estimate of drug-likeness (QED) is 0.640. The van der Waals surface area contributed by atoms with Crippen LogP contribution in [0, 0.1) is 16.7 Å². The van der Waals surface area contributed by atoms with Gasteiger partial charge in [0.15, 0.2) is 0 Å². The molecule has 0 unspecified atom stereocenters. The molecule has 0 rings (SSSR count). The highest BCUT2D eigenvalue weighted by Gasteiger charge is 2.14. The lowest BCUT2D eigenvalue weighted by atomic mass is 9.90. The zero-order valence-electron chi connectivity index (χ0n) is 8.89. The fraction of sp³-hybridized carbons (Fsp3) is 0.900. The van der Waals surface area contributed by atoms with Crippen molar-refractivity contribution in [3.8, 4) is 6.07 Å². The molecule has 0 aliphatic carbocycles. The molecule has 3 heteroatoms. The molecule has 0 aliphatic heterocycles. The van der Waals surface area contributed by atoms with Crippen molar-refractivity contribution < 1.29 is 0 Å². The maximum absolute atomic E-state index is 8.76. The molecule has 13 heavy (non-hydrogen) atoms. The minimum absolute atomic E-state index is 0.152. The molecule has 2 nitrogen and oxygen atoms in total. The van der Waals surface area contributed by atoms with Crippen LogP contribution in [0.5, 0.6) is 0 Å². The summed E-state index contributed by atoms with van der Waals surface area (Å²) in [5.41, 5.74) is -0.152. The summed E-state index contributed by atoms with van der Waals surface area (Å²) in [7, 11) is 0. The van der Waals surface area contributed by atoms with Crippen molar-refractivity contribution >= 4 is 11.8 Å². The molecule has 0 radical (unpaired) electrons. The third kappa shape index (κ3) is 8.14. The fourth-order valence-electron chi connectivity index (χ4n) is 1.01. The fourth-order valence-corrected chi connectivity index (χ4v) is 1.36. The Balaban J connectivity index is 3.22. The molecule has 0 bridgehead atoms. The van der Waals surface area contributed by atoms with Gasteiger partial charge in [0, 0.05) is 12.3 Å². The lowest BCUT2D eigenvalue weighted by Crippen LogP contribution is -2.20. The molecular formula is C10H20N2S. The van der Waals surface area contributed by atoms with Gasteiger partial charge in [-0.25, -0.2) is 0 Å². The second-order valence-corrected chi connectivity index (χ2v) is 4.83. The van der Waals surface area contributed by atoms with Gasteiger partial charge < -0.3 is 5.32 Å². The summed E-state index contributed by atoms with van der Waals surface area (Å²) in [6, 6.07) is 2.31. The smallest absolute Gasteiger partial charge is 0.0683 e. The monoisotopic (exact) mass is 200 g/mol. The molecule has 0 saturated carbocycles. The topological polar surface area (TPSA) is 35.8 Å². The second-order valence-electron chi connectivity index (χ2n) is 3.84. The van der Waals surface area contributed by atoms with Gasteiger partial charge in [-0.2, -0.15) is 17.0 Å². The first-order chi connectivity index (χ1) is 6.12. The van der Waals surface area contributed by atoms with Gasteiger partial charge in [0.1, 0.15) is 0 Å². The van der Waals surface area contributed by atoms with E-state index < -0.39 is 0 Å². The lowest BCUT2D eigenvalue weighted by Gasteiger charge is -2.14. The Morgan fingerprint density at radius 2 is 2.08 bits per heavy atom. The largest absolute Gasteiger partial charge is 0.316 e. The molecule has 0 aliphatic rings. The van der Waals surface area contributed by atoms with Crippen LogP contribution in [0.25, 0.3) is 0 Å². The molecule has 0 saturated heterocycles. The first kappa shape index (κ1) is 12.8. The van der Waals surface area contributed by atoms with Crippen molar-refractivity contribution in [2.45, 2.75) is 26.7 Å². The number of nitriles is 1. The lowest BCUT2D eigenvalue weighted by molar-refractivity contribution is 0.428. The maximum Gasteiger partial charge on any atom is 0.0683 e. The van der Waals surface area contributed by atoms with Crippen LogP contribution in [0.3, 0.4) is 0 Å². The van der Waals surface area contributed by atoms with Gasteiger partial charge in [-0.1, -0.05) is 0 Å². The minimum Gasteiger partial charge on any atom is -0.316 e. The highest BCUT2D eigenvalue weighted by molar-refractivity contribution is 7.98. The van der Waals surface area contributed by atoms with Crippen molar-refractivity contribution in [1.29, 1.82) is 5.26 Å². The van der Waals surface area contributed by atoms with Crippen LogP contribution >= 0.6 is 11.8 Å². The van der Waals surface area contributed by atoms with E-state index in [1.807, 2.05) is 25.6 Å². The normalized spacial score (nSPS) is 11.2. The summed E-state index contributed by atoms with van der Waals surface area (Å²) in [6.07, 6.45) is 4.19. The van der Waals surface area contributed by atoms with Crippen molar-refractivity contribution in [1.82, 2.24) is 5.32 Å². The number of nitrogens with one attached hydrogen (secondary N) is 1. The van der Waals surface area contributed by atoms with E-state index in [9.17, 15) is 0 Å². The van der Waals surface area contributed by atoms with E-state index in [0.29, 0.717) is 0 Å². The van der Waals surface area contributed by atoms with E-state index in [1.165, 1.54) is 5.75 Å². The highest BCUT2D eigenvalue weighted by Crippen LogP contribution is 2.19. The Kier molecular flexibility index (Phi) is 7.12. The average molecular weight is 200 g/mol. The van der Waals surface area contributed by atoms with Crippen LogP contribution < -0.4 is 5.32 Å². The van der Waals surface area contributed by atoms with Gasteiger partial charge in [0.25, 0.3) is 0 Å². The van der Waals surface area contributed by atoms with Crippen LogP contribution in [0.15, 0.2) is 0 Å². The van der Waals surface area contributed by atoms with E-state index in [0.717, 1.165) is 25.9 Å². The summed E-state index contributed by atoms with van der Waals surface area (Å²) >= 11 is 1.85. The molecule has 0 aromatic heterocycles. The van der Waals surface area contributed by atoms with E-state index in [4.69, 9.17) is 5.26 Å². The summed E-state index contributed by atoms with van der Waals surface area (Å²) in [5.74, 6) is 1.17. The molecular weight excluding hydrogens is 180 g/mol. The second kappa shape index (κ2) is 7.23. The Morgan fingerprint density at radius 1 is 1.38 bits per heavy atom. The van der Waals surface area contributed by atoms with Crippen molar-refractivity contribution in [2.75, 3.05) is 25.1 Å². The van der Waals surface area contributed by atoms with E-state index >= 15 is 0 Å². The number of hydrogen-bond donors (Lipinski definition) is 1. The van der Waals surface area contributed by atoms with Crippen molar-refractivity contribution in [3.63, 3.8) is 0 Å². The molecule has 0 spiro atoms. The van der Waals surface area contributed by atoms with Crippen LogP contribution in [-0.4, -0.2) is 25.1 Å². The van der Waals surface area contributed by atoms with E-state index in [1.54, 1.807) is 0 Å². The third-order valence-corrected chi connectivity index (χ3v) is 2.55. The summed E-state index contributed by atoms with van der Waals surface area (Å²) in [4.78, 5) is 0. The first-order valence-corrected chi connectivity index (χ1v) is 6.13. The van der Waals surface area contributed by atoms with Gasteiger partial charge in [0.05, 0.1) is 11.5 Å². The molecule has 76 valence electrons. The molecule has 0 heterocycles. The summed E-state index contributed by atoms with van der Waals surface area (Å²) in [6.45, 7) is 6.10. The van der Waals surface area contributed by atoms with Crippen LogP contribution in [0.4, 0.5) is 0 Å². The first-order valence-electron chi connectivity index (χ1n) is 4.73. The van der Waals surface area contributed by atoms with E-state index in [2.05, 4.69) is 17.6 Å². The zero-order chi connectivity index (χ0) is 10.2. The Labute approximate surface area is 86.1 Å². The van der Waals surface area contributed by atoms with Gasteiger partial charge in [-0.05, 0) is 39.5 Å². The molecule has 0 amide bonds. The highest BCUT2D eigenvalue weighted by atomic mass is 32.2. The number of nitrogens with zero attached hydrogens (tertiary/aromatic N) is 1. The predicted octanol–water partition coefficient (Wildman–Crippen LogP) is 2.27. The Bertz CT molecular complexity index is 161. The summed E-state index contributed by atoms with van der Waals surface area (Å²) in [5, 5.41) is 12.1. The van der Waals surface area contributed by atoms with Crippen LogP contribution in [-0.2, 0) is 0 Å². The number of thioether (sulfide) groups is 1. The zero-order valence-corrected chi connectivity index (χ0v) is 9.71. The molecule has 1 N–H and O–H groups in total. The van der Waals surface area contributed by atoms with Crippen LogP contribution in [0.2, 0.25) is 0 Å². The maximum atomic E-state index is 8.76. The Morgan fingerprint density at radius 3 is 2.62 bits per heavy atom. The minimum atomic E-state index is -0.152. The third-order valence-electron chi connectivity index (χ3n) is 1.94. The molecule has 0 atom stereocenters. The van der Waals surface area contributed by atoms with Gasteiger partial charge in [-0.15, -0.1) is 0 Å². The number of rotatable bonds is 7. The SMILES string of the molecule is CSCCNCCCC(C)(C)C#N. The number of hydrogen-bond acceptors (Lipinski definition) is 3. The van der Waals surface area contributed by atoms with Gasteiger partial charge in [-0.3, -0.25) is 0 Å². The van der Waals surface area contributed by atoms with Crippen LogP contribution in [0.1, 0.15) is 26.7 Å². The van der Waals surface area contributed by atoms with Gasteiger partial charge in [0.2, 0.25) is 0 Å². The van der Waals surface area contributed by atoms with Crippen molar-refractivity contribution in [3.05, 3.63) is 0 Å². The molecule has 0 fully saturated rings. The molecule has 0 aromatic rings. The van der Waals surface area contributed by atoms with Gasteiger partial charge >= 0.3 is 0 Å². The van der Waals surface area contributed by atoms with Crippen molar-refractivity contribution in [2.24, 2.45) is 5.41 Å². The van der Waals surface area contributed by atoms with E-state index in [-0.39, 0.29) is 5.41 Å². The Hall–Kier alpha value is -0.200. The summed E-state index contributed by atoms with van der Waals surface area (Å²) < 4.78 is 0.